The Kier molecular flexibility index (Phi) is 9.56. The molecule has 28 heavy (non-hydrogen) atoms. The Balaban J connectivity index is 1.77. The SMILES string of the molecule is O=C(OCCCOc1cc(Cl)c(OCC=C(Cl)Cl)c(Cl)c1)c1ccc(Cl)cc1. The zero-order valence-corrected chi connectivity index (χ0v) is 18.2. The molecule has 0 fully saturated rings. The minimum Gasteiger partial charge on any atom is -0.493 e. The number of carbonyl (C=O) groups excluding carboxylic acids is 1. The smallest absolute Gasteiger partial charge is 0.338 e. The fraction of sp³-hybridized carbons (Fsp3) is 0.211. The second kappa shape index (κ2) is 11.6. The number of esters is 1. The first kappa shape index (κ1) is 23.0. The van der Waals surface area contributed by atoms with Gasteiger partial charge in [0.2, 0.25) is 0 Å². The molecule has 0 aliphatic carbocycles. The van der Waals surface area contributed by atoms with E-state index in [-0.39, 0.29) is 27.8 Å². The van der Waals surface area contributed by atoms with Gasteiger partial charge >= 0.3 is 5.97 Å². The summed E-state index contributed by atoms with van der Waals surface area (Å²) >= 11 is 29.1. The van der Waals surface area contributed by atoms with Crippen molar-refractivity contribution in [3.8, 4) is 11.5 Å². The summed E-state index contributed by atoms with van der Waals surface area (Å²) in [6, 6.07) is 9.62. The molecule has 0 amide bonds. The van der Waals surface area contributed by atoms with Crippen LogP contribution in [0.2, 0.25) is 15.1 Å². The van der Waals surface area contributed by atoms with E-state index < -0.39 is 5.97 Å². The van der Waals surface area contributed by atoms with Crippen molar-refractivity contribution in [3.05, 3.63) is 67.6 Å². The molecule has 0 radical (unpaired) electrons. The number of ether oxygens (including phenoxy) is 3. The van der Waals surface area contributed by atoms with Gasteiger partial charge in [0.15, 0.2) is 5.75 Å². The van der Waals surface area contributed by atoms with E-state index in [0.29, 0.717) is 35.1 Å². The maximum atomic E-state index is 11.9. The Morgan fingerprint density at radius 1 is 0.929 bits per heavy atom. The molecule has 150 valence electrons. The largest absolute Gasteiger partial charge is 0.493 e. The van der Waals surface area contributed by atoms with Gasteiger partial charge in [-0.3, -0.25) is 0 Å². The molecule has 0 atom stereocenters. The molecule has 0 bridgehead atoms. The van der Waals surface area contributed by atoms with Crippen LogP contribution >= 0.6 is 58.0 Å². The Hall–Kier alpha value is -1.30. The third kappa shape index (κ3) is 7.61. The van der Waals surface area contributed by atoms with Crippen molar-refractivity contribution in [2.45, 2.75) is 6.42 Å². The van der Waals surface area contributed by atoms with Crippen LogP contribution in [0.25, 0.3) is 0 Å². The minimum atomic E-state index is -0.421. The third-order valence-corrected chi connectivity index (χ3v) is 4.43. The monoisotopic (exact) mass is 482 g/mol. The predicted molar refractivity (Wildman–Crippen MR) is 114 cm³/mol. The van der Waals surface area contributed by atoms with Gasteiger partial charge in [0.1, 0.15) is 16.8 Å². The van der Waals surface area contributed by atoms with Gasteiger partial charge in [0, 0.05) is 23.6 Å². The van der Waals surface area contributed by atoms with E-state index >= 15 is 0 Å². The van der Waals surface area contributed by atoms with Crippen molar-refractivity contribution < 1.29 is 19.0 Å². The Bertz CT molecular complexity index is 810. The summed E-state index contributed by atoms with van der Waals surface area (Å²) in [5, 5.41) is 1.13. The number of benzene rings is 2. The predicted octanol–water partition coefficient (Wildman–Crippen LogP) is 6.97. The quantitative estimate of drug-likeness (QED) is 0.285. The zero-order chi connectivity index (χ0) is 20.5. The molecule has 0 saturated heterocycles. The zero-order valence-electron chi connectivity index (χ0n) is 14.4. The van der Waals surface area contributed by atoms with Crippen LogP contribution < -0.4 is 9.47 Å². The number of halogens is 5. The van der Waals surface area contributed by atoms with Crippen LogP contribution in [0.4, 0.5) is 0 Å². The van der Waals surface area contributed by atoms with Crippen LogP contribution in [0.3, 0.4) is 0 Å². The van der Waals surface area contributed by atoms with Gasteiger partial charge < -0.3 is 14.2 Å². The molecule has 0 saturated carbocycles. The number of carbonyl (C=O) groups is 1. The first-order chi connectivity index (χ1) is 13.4. The van der Waals surface area contributed by atoms with Crippen molar-refractivity contribution in [2.75, 3.05) is 19.8 Å². The van der Waals surface area contributed by atoms with Crippen LogP contribution in [-0.2, 0) is 4.74 Å². The van der Waals surface area contributed by atoms with Crippen molar-refractivity contribution >= 4 is 64.0 Å². The lowest BCUT2D eigenvalue weighted by atomic mass is 10.2. The van der Waals surface area contributed by atoms with E-state index in [1.165, 1.54) is 6.08 Å². The van der Waals surface area contributed by atoms with E-state index in [1.54, 1.807) is 36.4 Å². The van der Waals surface area contributed by atoms with Crippen LogP contribution in [-0.4, -0.2) is 25.8 Å². The first-order valence-corrected chi connectivity index (χ1v) is 9.94. The Morgan fingerprint density at radius 3 is 2.18 bits per heavy atom. The van der Waals surface area contributed by atoms with Crippen LogP contribution in [0.5, 0.6) is 11.5 Å². The molecule has 2 aromatic carbocycles. The Morgan fingerprint density at radius 2 is 1.57 bits per heavy atom. The van der Waals surface area contributed by atoms with Crippen LogP contribution in [0.15, 0.2) is 47.0 Å². The molecule has 0 unspecified atom stereocenters. The highest BCUT2D eigenvalue weighted by Crippen LogP contribution is 2.37. The standard InChI is InChI=1S/C19H15Cl5O4/c20-13-4-2-12(3-5-13)19(25)28-8-1-7-26-14-10-15(21)18(16(22)11-14)27-9-6-17(23)24/h2-6,10-11H,1,7-9H2. The van der Waals surface area contributed by atoms with Gasteiger partial charge in [0.05, 0.1) is 28.8 Å². The molecule has 0 heterocycles. The van der Waals surface area contributed by atoms with Crippen molar-refractivity contribution in [1.29, 1.82) is 0 Å². The highest BCUT2D eigenvalue weighted by atomic mass is 35.5. The van der Waals surface area contributed by atoms with Gasteiger partial charge in [-0.15, -0.1) is 0 Å². The summed E-state index contributed by atoms with van der Waals surface area (Å²) in [5.41, 5.74) is 0.435. The summed E-state index contributed by atoms with van der Waals surface area (Å²) in [6.07, 6.45) is 1.96. The van der Waals surface area contributed by atoms with Crippen molar-refractivity contribution in [1.82, 2.24) is 0 Å². The molecule has 9 heteroatoms. The summed E-state index contributed by atoms with van der Waals surface area (Å²) < 4.78 is 16.3. The van der Waals surface area contributed by atoms with E-state index in [0.717, 1.165) is 0 Å². The molecule has 0 aromatic heterocycles. The number of hydrogen-bond donors (Lipinski definition) is 0. The number of rotatable bonds is 9. The van der Waals surface area contributed by atoms with Gasteiger partial charge in [-0.05, 0) is 30.3 Å². The molecule has 0 N–H and O–H groups in total. The highest BCUT2D eigenvalue weighted by Gasteiger charge is 2.11. The topological polar surface area (TPSA) is 44.8 Å². The van der Waals surface area contributed by atoms with E-state index in [9.17, 15) is 4.79 Å². The third-order valence-electron chi connectivity index (χ3n) is 3.31. The van der Waals surface area contributed by atoms with E-state index in [1.807, 2.05) is 0 Å². The molecule has 4 nitrogen and oxygen atoms in total. The summed E-state index contributed by atoms with van der Waals surface area (Å²) in [5.74, 6) is 0.353. The second-order valence-corrected chi connectivity index (χ2v) is 7.62. The fourth-order valence-electron chi connectivity index (χ4n) is 2.03. The number of hydrogen-bond acceptors (Lipinski definition) is 4. The summed E-state index contributed by atoms with van der Waals surface area (Å²) in [4.78, 5) is 11.9. The van der Waals surface area contributed by atoms with Gasteiger partial charge in [-0.25, -0.2) is 4.79 Å². The minimum absolute atomic E-state index is 0.0870. The van der Waals surface area contributed by atoms with Gasteiger partial charge in [-0.1, -0.05) is 58.0 Å². The maximum Gasteiger partial charge on any atom is 0.338 e. The van der Waals surface area contributed by atoms with E-state index in [2.05, 4.69) is 0 Å². The fourth-order valence-corrected chi connectivity index (χ4v) is 2.86. The van der Waals surface area contributed by atoms with Crippen molar-refractivity contribution in [3.63, 3.8) is 0 Å². The van der Waals surface area contributed by atoms with E-state index in [4.69, 9.17) is 72.2 Å². The lowest BCUT2D eigenvalue weighted by molar-refractivity contribution is 0.0486. The lowest BCUT2D eigenvalue weighted by Crippen LogP contribution is -2.09. The average molecular weight is 485 g/mol. The molecular weight excluding hydrogens is 469 g/mol. The molecule has 0 spiro atoms. The van der Waals surface area contributed by atoms with Crippen LogP contribution in [0, 0.1) is 0 Å². The molecule has 0 aliphatic rings. The average Bonchev–Trinajstić information content (AvgIpc) is 2.64. The lowest BCUT2D eigenvalue weighted by Gasteiger charge is -2.12. The molecule has 0 aliphatic heterocycles. The Labute approximate surface area is 187 Å². The first-order valence-electron chi connectivity index (χ1n) is 8.05. The maximum absolute atomic E-state index is 11.9. The van der Waals surface area contributed by atoms with Crippen molar-refractivity contribution in [2.24, 2.45) is 0 Å². The highest BCUT2D eigenvalue weighted by molar-refractivity contribution is 6.55. The second-order valence-electron chi connectivity index (χ2n) is 5.37. The molecular formula is C19H15Cl5O4. The summed E-state index contributed by atoms with van der Waals surface area (Å²) in [7, 11) is 0. The van der Waals surface area contributed by atoms with Crippen LogP contribution in [0.1, 0.15) is 16.8 Å². The molecule has 2 rings (SSSR count). The van der Waals surface area contributed by atoms with Gasteiger partial charge in [0.25, 0.3) is 0 Å². The van der Waals surface area contributed by atoms with Gasteiger partial charge in [-0.2, -0.15) is 0 Å². The summed E-state index contributed by atoms with van der Waals surface area (Å²) in [6.45, 7) is 0.641. The normalized spacial score (nSPS) is 10.3. The molecule has 2 aromatic rings.